The van der Waals surface area contributed by atoms with Gasteiger partial charge >= 0.3 is 5.97 Å². The summed E-state index contributed by atoms with van der Waals surface area (Å²) >= 11 is 0. The summed E-state index contributed by atoms with van der Waals surface area (Å²) in [5.41, 5.74) is 6.46. The summed E-state index contributed by atoms with van der Waals surface area (Å²) in [4.78, 5) is 25.3. The number of hydrogen-bond acceptors (Lipinski definition) is 4. The minimum atomic E-state index is -0.422. The normalized spacial score (nSPS) is 11.8. The lowest BCUT2D eigenvalue weighted by atomic mass is 10.1. The minimum absolute atomic E-state index is 0.0425. The van der Waals surface area contributed by atoms with Crippen molar-refractivity contribution in [2.45, 2.75) is 19.9 Å². The molecule has 0 aliphatic rings. The molecule has 1 amide bonds. The van der Waals surface area contributed by atoms with Crippen LogP contribution in [0.5, 0.6) is 0 Å². The number of nitrogens with zero attached hydrogens (tertiary/aromatic N) is 1. The van der Waals surface area contributed by atoms with Crippen LogP contribution in [-0.2, 0) is 20.9 Å². The van der Waals surface area contributed by atoms with Gasteiger partial charge in [0.05, 0.1) is 7.11 Å². The molecule has 0 aliphatic heterocycles. The monoisotopic (exact) mass is 278 g/mol. The zero-order chi connectivity index (χ0) is 15.0. The van der Waals surface area contributed by atoms with Crippen molar-refractivity contribution in [3.63, 3.8) is 0 Å². The van der Waals surface area contributed by atoms with Crippen LogP contribution in [0.25, 0.3) is 0 Å². The topological polar surface area (TPSA) is 72.6 Å². The molecule has 1 unspecified atom stereocenters. The minimum Gasteiger partial charge on any atom is -0.468 e. The van der Waals surface area contributed by atoms with Gasteiger partial charge in [0.1, 0.15) is 6.54 Å². The molecule has 2 N–H and O–H groups in total. The maximum atomic E-state index is 12.4. The number of rotatable bonds is 7. The van der Waals surface area contributed by atoms with Crippen molar-refractivity contribution >= 4 is 11.9 Å². The molecule has 0 aliphatic carbocycles. The van der Waals surface area contributed by atoms with Crippen LogP contribution in [-0.4, -0.2) is 37.0 Å². The van der Waals surface area contributed by atoms with E-state index in [4.69, 9.17) is 5.73 Å². The second-order valence-corrected chi connectivity index (χ2v) is 4.73. The number of methoxy groups -OCH3 is 1. The smallest absolute Gasteiger partial charge is 0.325 e. The third kappa shape index (κ3) is 5.01. The highest BCUT2D eigenvalue weighted by molar-refractivity contribution is 5.83. The zero-order valence-corrected chi connectivity index (χ0v) is 12.0. The Labute approximate surface area is 119 Å². The summed E-state index contributed by atoms with van der Waals surface area (Å²) in [5.74, 6) is -0.702. The molecule has 0 radical (unpaired) electrons. The first kappa shape index (κ1) is 16.2. The molecular formula is C15H22N2O3. The summed E-state index contributed by atoms with van der Waals surface area (Å²) < 4.78 is 4.65. The van der Waals surface area contributed by atoms with Gasteiger partial charge in [-0.1, -0.05) is 37.3 Å². The standard InChI is InChI=1S/C15H22N2O3/c1-12(8-9-16)15(19)17(11-14(18)20-2)10-13-6-4-3-5-7-13/h3-7,12H,8-11,16H2,1-2H3. The SMILES string of the molecule is COC(=O)CN(Cc1ccccc1)C(=O)C(C)CCN. The fourth-order valence-electron chi connectivity index (χ4n) is 1.92. The van der Waals surface area contributed by atoms with E-state index in [1.807, 2.05) is 37.3 Å². The average molecular weight is 278 g/mol. The third-order valence-electron chi connectivity index (χ3n) is 3.10. The third-order valence-corrected chi connectivity index (χ3v) is 3.10. The van der Waals surface area contributed by atoms with Gasteiger partial charge in [-0.2, -0.15) is 0 Å². The Hall–Kier alpha value is -1.88. The molecule has 0 aromatic heterocycles. The maximum Gasteiger partial charge on any atom is 0.325 e. The molecule has 0 saturated heterocycles. The van der Waals surface area contributed by atoms with Crippen molar-refractivity contribution < 1.29 is 14.3 Å². The lowest BCUT2D eigenvalue weighted by molar-refractivity contribution is -0.148. The van der Waals surface area contributed by atoms with Crippen molar-refractivity contribution in [2.75, 3.05) is 20.2 Å². The van der Waals surface area contributed by atoms with Crippen LogP contribution < -0.4 is 5.73 Å². The Morgan fingerprint density at radius 2 is 1.95 bits per heavy atom. The molecule has 1 aromatic carbocycles. The highest BCUT2D eigenvalue weighted by atomic mass is 16.5. The second kappa shape index (κ2) is 8.32. The van der Waals surface area contributed by atoms with Crippen LogP contribution in [0.1, 0.15) is 18.9 Å². The number of carbonyl (C=O) groups is 2. The fraction of sp³-hybridized carbons (Fsp3) is 0.467. The predicted molar refractivity (Wildman–Crippen MR) is 76.7 cm³/mol. The van der Waals surface area contributed by atoms with Gasteiger partial charge in [-0.15, -0.1) is 0 Å². The summed E-state index contributed by atoms with van der Waals surface area (Å²) in [6.45, 7) is 2.62. The Bertz CT molecular complexity index is 434. The Morgan fingerprint density at radius 1 is 1.30 bits per heavy atom. The first-order chi connectivity index (χ1) is 9.58. The average Bonchev–Trinajstić information content (AvgIpc) is 2.47. The summed E-state index contributed by atoms with van der Waals surface area (Å²) in [6, 6.07) is 9.56. The van der Waals surface area contributed by atoms with Crippen molar-refractivity contribution in [1.82, 2.24) is 4.90 Å². The van der Waals surface area contributed by atoms with Gasteiger partial charge in [0.2, 0.25) is 5.91 Å². The number of ether oxygens (including phenoxy) is 1. The number of nitrogens with two attached hydrogens (primary N) is 1. The molecule has 0 heterocycles. The van der Waals surface area contributed by atoms with E-state index < -0.39 is 5.97 Å². The quantitative estimate of drug-likeness (QED) is 0.760. The molecule has 5 heteroatoms. The maximum absolute atomic E-state index is 12.4. The first-order valence-corrected chi connectivity index (χ1v) is 6.68. The summed E-state index contributed by atoms with van der Waals surface area (Å²) in [5, 5.41) is 0. The number of esters is 1. The molecule has 1 atom stereocenters. The van der Waals surface area contributed by atoms with E-state index in [2.05, 4.69) is 4.74 Å². The molecule has 5 nitrogen and oxygen atoms in total. The van der Waals surface area contributed by atoms with E-state index in [0.29, 0.717) is 19.5 Å². The molecular weight excluding hydrogens is 256 g/mol. The molecule has 0 bridgehead atoms. The molecule has 20 heavy (non-hydrogen) atoms. The Balaban J connectivity index is 2.79. The van der Waals surface area contributed by atoms with Gasteiger partial charge < -0.3 is 15.4 Å². The van der Waals surface area contributed by atoms with Crippen LogP contribution in [0.3, 0.4) is 0 Å². The molecule has 1 aromatic rings. The molecule has 1 rings (SSSR count). The van der Waals surface area contributed by atoms with Gasteiger partial charge in [-0.3, -0.25) is 9.59 Å². The van der Waals surface area contributed by atoms with Crippen LogP contribution in [0.2, 0.25) is 0 Å². The predicted octanol–water partition coefficient (Wildman–Crippen LogP) is 1.17. The van der Waals surface area contributed by atoms with Crippen LogP contribution >= 0.6 is 0 Å². The lowest BCUT2D eigenvalue weighted by Gasteiger charge is -2.24. The Morgan fingerprint density at radius 3 is 2.50 bits per heavy atom. The van der Waals surface area contributed by atoms with Crippen molar-refractivity contribution in [3.05, 3.63) is 35.9 Å². The lowest BCUT2D eigenvalue weighted by Crippen LogP contribution is -2.39. The van der Waals surface area contributed by atoms with E-state index in [1.165, 1.54) is 12.0 Å². The van der Waals surface area contributed by atoms with E-state index >= 15 is 0 Å². The molecule has 110 valence electrons. The van der Waals surface area contributed by atoms with Gasteiger partial charge in [0.25, 0.3) is 0 Å². The summed E-state index contributed by atoms with van der Waals surface area (Å²) in [7, 11) is 1.32. The molecule has 0 spiro atoms. The number of carbonyl (C=O) groups excluding carboxylic acids is 2. The van der Waals surface area contributed by atoms with Crippen molar-refractivity contribution in [1.29, 1.82) is 0 Å². The summed E-state index contributed by atoms with van der Waals surface area (Å²) in [6.07, 6.45) is 0.602. The van der Waals surface area contributed by atoms with E-state index in [0.717, 1.165) is 5.56 Å². The first-order valence-electron chi connectivity index (χ1n) is 6.68. The van der Waals surface area contributed by atoms with Gasteiger partial charge in [0, 0.05) is 12.5 Å². The van der Waals surface area contributed by atoms with E-state index in [9.17, 15) is 9.59 Å². The van der Waals surface area contributed by atoms with Crippen molar-refractivity contribution in [3.8, 4) is 0 Å². The van der Waals surface area contributed by atoms with Gasteiger partial charge in [0.15, 0.2) is 0 Å². The molecule has 0 fully saturated rings. The highest BCUT2D eigenvalue weighted by Crippen LogP contribution is 2.11. The van der Waals surface area contributed by atoms with E-state index in [1.54, 1.807) is 0 Å². The largest absolute Gasteiger partial charge is 0.468 e. The second-order valence-electron chi connectivity index (χ2n) is 4.73. The Kier molecular flexibility index (Phi) is 6.73. The van der Waals surface area contributed by atoms with Gasteiger partial charge in [-0.05, 0) is 18.5 Å². The van der Waals surface area contributed by atoms with Gasteiger partial charge in [-0.25, -0.2) is 0 Å². The van der Waals surface area contributed by atoms with Crippen molar-refractivity contribution in [2.24, 2.45) is 11.7 Å². The van der Waals surface area contributed by atoms with Crippen LogP contribution in [0.15, 0.2) is 30.3 Å². The number of amides is 1. The number of hydrogen-bond donors (Lipinski definition) is 1. The highest BCUT2D eigenvalue weighted by Gasteiger charge is 2.22. The van der Waals surface area contributed by atoms with Crippen LogP contribution in [0, 0.1) is 5.92 Å². The van der Waals surface area contributed by atoms with Crippen LogP contribution in [0.4, 0.5) is 0 Å². The molecule has 0 saturated carbocycles. The van der Waals surface area contributed by atoms with E-state index in [-0.39, 0.29) is 18.4 Å². The zero-order valence-electron chi connectivity index (χ0n) is 12.0. The number of benzene rings is 1. The fourth-order valence-corrected chi connectivity index (χ4v) is 1.92.